The predicted octanol–water partition coefficient (Wildman–Crippen LogP) is 8.35. The van der Waals surface area contributed by atoms with Crippen LogP contribution in [0.1, 0.15) is 52.9 Å². The van der Waals surface area contributed by atoms with E-state index in [2.05, 4.69) is 15.6 Å². The first kappa shape index (κ1) is 32.2. The second-order valence-corrected chi connectivity index (χ2v) is 11.6. The van der Waals surface area contributed by atoms with Crippen molar-refractivity contribution in [1.82, 2.24) is 10.3 Å². The lowest BCUT2D eigenvalue weighted by molar-refractivity contribution is -0.139. The molecule has 0 spiro atoms. The Hall–Kier alpha value is -5.18. The molecule has 1 aromatic heterocycles. The highest BCUT2D eigenvalue weighted by Gasteiger charge is 2.33. The Balaban J connectivity index is 1.40. The number of alkyl halides is 3. The zero-order valence-electron chi connectivity index (χ0n) is 25.4. The number of nitrogens with zero attached hydrogens (tertiary/aromatic N) is 1. The van der Waals surface area contributed by atoms with Gasteiger partial charge >= 0.3 is 12.1 Å². The van der Waals surface area contributed by atoms with E-state index in [-0.39, 0.29) is 11.4 Å². The summed E-state index contributed by atoms with van der Waals surface area (Å²) >= 11 is 0. The van der Waals surface area contributed by atoms with Crippen LogP contribution in [-0.2, 0) is 23.9 Å². The second-order valence-electron chi connectivity index (χ2n) is 11.6. The number of para-hydroxylation sites is 1. The maximum atomic E-state index is 13.9. The van der Waals surface area contributed by atoms with E-state index in [1.807, 2.05) is 68.4 Å². The highest BCUT2D eigenvalue weighted by atomic mass is 19.4. The largest absolute Gasteiger partial charge is 0.480 e. The van der Waals surface area contributed by atoms with Crippen LogP contribution in [0.5, 0.6) is 0 Å². The quantitative estimate of drug-likeness (QED) is 0.137. The third kappa shape index (κ3) is 7.72. The molecule has 0 fully saturated rings. The molecule has 6 nitrogen and oxygen atoms in total. The molecular weight excluding hydrogens is 591 g/mol. The molecule has 0 radical (unpaired) electrons. The minimum absolute atomic E-state index is 0.0943. The van der Waals surface area contributed by atoms with Crippen molar-refractivity contribution in [2.24, 2.45) is 5.92 Å². The average Bonchev–Trinajstić information content (AvgIpc) is 3.03. The van der Waals surface area contributed by atoms with Crippen LogP contribution in [0.3, 0.4) is 0 Å². The van der Waals surface area contributed by atoms with Gasteiger partial charge in [0.1, 0.15) is 6.04 Å². The molecule has 0 aliphatic heterocycles. The molecular formula is C37H34F3N3O3. The van der Waals surface area contributed by atoms with Gasteiger partial charge in [0.15, 0.2) is 0 Å². The summed E-state index contributed by atoms with van der Waals surface area (Å²) in [5.74, 6) is -1.42. The van der Waals surface area contributed by atoms with Gasteiger partial charge in [0.05, 0.1) is 11.1 Å². The highest BCUT2D eigenvalue weighted by Crippen LogP contribution is 2.39. The molecule has 0 aliphatic carbocycles. The summed E-state index contributed by atoms with van der Waals surface area (Å²) in [4.78, 5) is 28.5. The number of fused-ring (bicyclic) bond motifs is 1. The lowest BCUT2D eigenvalue weighted by Gasteiger charge is -2.17. The fraction of sp³-hybridized carbons (Fsp3) is 0.216. The lowest BCUT2D eigenvalue weighted by atomic mass is 9.91. The first-order valence-corrected chi connectivity index (χ1v) is 15.0. The second kappa shape index (κ2) is 13.9. The number of aliphatic carboxylic acids is 1. The normalized spacial score (nSPS) is 12.2. The average molecular weight is 626 g/mol. The number of benzene rings is 4. The predicted molar refractivity (Wildman–Crippen MR) is 174 cm³/mol. The molecule has 0 bridgehead atoms. The number of rotatable bonds is 11. The maximum absolute atomic E-state index is 13.9. The molecule has 4 aromatic carbocycles. The number of pyridine rings is 1. The summed E-state index contributed by atoms with van der Waals surface area (Å²) < 4.78 is 41.8. The molecule has 0 aliphatic rings. The number of halogens is 3. The third-order valence-corrected chi connectivity index (χ3v) is 7.69. The summed E-state index contributed by atoms with van der Waals surface area (Å²) in [7, 11) is 0. The Morgan fingerprint density at radius 3 is 2.26 bits per heavy atom. The fourth-order valence-corrected chi connectivity index (χ4v) is 5.48. The summed E-state index contributed by atoms with van der Waals surface area (Å²) in [5.41, 5.74) is 4.40. The highest BCUT2D eigenvalue weighted by molar-refractivity contribution is 5.98. The molecule has 5 rings (SSSR count). The Morgan fingerprint density at radius 1 is 0.870 bits per heavy atom. The van der Waals surface area contributed by atoms with E-state index in [9.17, 15) is 27.9 Å². The summed E-state index contributed by atoms with van der Waals surface area (Å²) in [6.45, 7) is 4.21. The number of aromatic nitrogens is 1. The van der Waals surface area contributed by atoms with E-state index in [0.29, 0.717) is 35.9 Å². The van der Waals surface area contributed by atoms with E-state index < -0.39 is 29.7 Å². The van der Waals surface area contributed by atoms with Gasteiger partial charge in [0.25, 0.3) is 5.91 Å². The van der Waals surface area contributed by atoms with Gasteiger partial charge in [0, 0.05) is 29.4 Å². The number of carboxylic acid groups (broad SMARTS) is 1. The van der Waals surface area contributed by atoms with Crippen LogP contribution in [-0.4, -0.2) is 28.0 Å². The van der Waals surface area contributed by atoms with Crippen molar-refractivity contribution in [3.05, 3.63) is 131 Å². The SMILES string of the molecule is CC(C)C[C@@H](NC(=O)c1ccc(CNc2cccc(-c3c(Cc4ccccc4)cnc4c(C(F)(F)F)cccc34)c2)cc1)C(=O)O. The molecule has 1 heterocycles. The number of carboxylic acids is 1. The smallest absolute Gasteiger partial charge is 0.418 e. The number of carbonyl (C=O) groups is 2. The molecule has 9 heteroatoms. The van der Waals surface area contributed by atoms with Crippen molar-refractivity contribution in [3.63, 3.8) is 0 Å². The summed E-state index contributed by atoms with van der Waals surface area (Å²) in [5, 5.41) is 15.8. The fourth-order valence-electron chi connectivity index (χ4n) is 5.48. The van der Waals surface area contributed by atoms with Crippen LogP contribution >= 0.6 is 0 Å². The molecule has 3 N–H and O–H groups in total. The van der Waals surface area contributed by atoms with Crippen molar-refractivity contribution in [3.8, 4) is 11.1 Å². The van der Waals surface area contributed by atoms with Crippen LogP contribution < -0.4 is 10.6 Å². The molecule has 5 aromatic rings. The van der Waals surface area contributed by atoms with Crippen molar-refractivity contribution in [2.45, 2.75) is 45.5 Å². The van der Waals surface area contributed by atoms with Gasteiger partial charge < -0.3 is 15.7 Å². The topological polar surface area (TPSA) is 91.3 Å². The van der Waals surface area contributed by atoms with Gasteiger partial charge in [0.2, 0.25) is 0 Å². The van der Waals surface area contributed by atoms with Gasteiger partial charge in [-0.05, 0) is 76.9 Å². The van der Waals surface area contributed by atoms with Gasteiger partial charge in [-0.1, -0.05) is 80.6 Å². The van der Waals surface area contributed by atoms with Crippen LogP contribution in [0.15, 0.2) is 103 Å². The molecule has 1 amide bonds. The number of carbonyl (C=O) groups excluding carboxylic acids is 1. The molecule has 46 heavy (non-hydrogen) atoms. The molecule has 0 saturated carbocycles. The zero-order valence-corrected chi connectivity index (χ0v) is 25.4. The standard InChI is InChI=1S/C37H34F3N3O3/c1-23(2)18-32(36(45)46)43-35(44)26-16-14-25(15-17-26)21-41-29-11-6-10-27(20-29)33-28(19-24-8-4-3-5-9-24)22-42-34-30(33)12-7-13-31(34)37(38,39)40/h3-17,20,22-23,32,41H,18-19,21H2,1-2H3,(H,43,44)(H,45,46)/t32-/m1/s1. The monoisotopic (exact) mass is 625 g/mol. The number of anilines is 1. The van der Waals surface area contributed by atoms with E-state index in [0.717, 1.165) is 34.0 Å². The van der Waals surface area contributed by atoms with Crippen molar-refractivity contribution < 1.29 is 27.9 Å². The van der Waals surface area contributed by atoms with Crippen LogP contribution in [0.4, 0.5) is 18.9 Å². The number of amides is 1. The van der Waals surface area contributed by atoms with E-state index >= 15 is 0 Å². The van der Waals surface area contributed by atoms with Gasteiger partial charge in [-0.25, -0.2) is 4.79 Å². The number of hydrogen-bond acceptors (Lipinski definition) is 4. The van der Waals surface area contributed by atoms with Crippen molar-refractivity contribution >= 4 is 28.5 Å². The number of nitrogens with one attached hydrogen (secondary N) is 2. The van der Waals surface area contributed by atoms with Crippen molar-refractivity contribution in [1.29, 1.82) is 0 Å². The molecule has 0 saturated heterocycles. The Labute approximate surface area is 265 Å². The van der Waals surface area contributed by atoms with Gasteiger partial charge in [-0.3, -0.25) is 9.78 Å². The van der Waals surface area contributed by atoms with Gasteiger partial charge in [-0.15, -0.1) is 0 Å². The first-order chi connectivity index (χ1) is 22.0. The van der Waals surface area contributed by atoms with Gasteiger partial charge in [-0.2, -0.15) is 13.2 Å². The van der Waals surface area contributed by atoms with Crippen LogP contribution in [0, 0.1) is 5.92 Å². The zero-order chi connectivity index (χ0) is 32.8. The van der Waals surface area contributed by atoms with Crippen LogP contribution in [0.2, 0.25) is 0 Å². The van der Waals surface area contributed by atoms with E-state index in [1.54, 1.807) is 36.5 Å². The minimum Gasteiger partial charge on any atom is -0.480 e. The number of hydrogen-bond donors (Lipinski definition) is 3. The maximum Gasteiger partial charge on any atom is 0.418 e. The lowest BCUT2D eigenvalue weighted by Crippen LogP contribution is -2.41. The minimum atomic E-state index is -4.55. The Bertz CT molecular complexity index is 1840. The molecule has 0 unspecified atom stereocenters. The van der Waals surface area contributed by atoms with E-state index in [4.69, 9.17) is 0 Å². The molecule has 236 valence electrons. The summed E-state index contributed by atoms with van der Waals surface area (Å²) in [6.07, 6.45) is -2.18. The first-order valence-electron chi connectivity index (χ1n) is 15.0. The third-order valence-electron chi connectivity index (χ3n) is 7.69. The van der Waals surface area contributed by atoms with Crippen molar-refractivity contribution in [2.75, 3.05) is 5.32 Å². The Kier molecular flexibility index (Phi) is 9.70. The molecule has 1 atom stereocenters. The summed E-state index contributed by atoms with van der Waals surface area (Å²) in [6, 6.07) is 27.3. The van der Waals surface area contributed by atoms with Crippen LogP contribution in [0.25, 0.3) is 22.0 Å². The van der Waals surface area contributed by atoms with E-state index in [1.165, 1.54) is 6.07 Å². The Morgan fingerprint density at radius 2 is 1.59 bits per heavy atom.